The summed E-state index contributed by atoms with van der Waals surface area (Å²) in [4.78, 5) is 27.7. The van der Waals surface area contributed by atoms with Gasteiger partial charge in [-0.1, -0.05) is 42.5 Å². The Morgan fingerprint density at radius 2 is 1.55 bits per heavy atom. The van der Waals surface area contributed by atoms with E-state index in [1.54, 1.807) is 25.3 Å². The molecule has 3 rings (SSSR count). The molecule has 0 N–H and O–H groups in total. The normalized spacial score (nSPS) is 10.2. The molecular weight excluding hydrogens is 426 g/mol. The average Bonchev–Trinajstić information content (AvgIpc) is 2.82. The van der Waals surface area contributed by atoms with Crippen molar-refractivity contribution in [3.63, 3.8) is 0 Å². The highest BCUT2D eigenvalue weighted by molar-refractivity contribution is 5.54. The van der Waals surface area contributed by atoms with Gasteiger partial charge in [-0.25, -0.2) is 4.79 Å². The number of rotatable bonds is 7. The van der Waals surface area contributed by atoms with E-state index in [9.17, 15) is 14.9 Å². The summed E-state index contributed by atoms with van der Waals surface area (Å²) in [5, 5.41) is 11.5. The van der Waals surface area contributed by atoms with Crippen molar-refractivity contribution in [3.05, 3.63) is 105 Å². The second-order valence-corrected chi connectivity index (χ2v) is 6.87. The molecule has 9 heteroatoms. The number of nitrogens with zero attached hydrogens (tertiary/aromatic N) is 3. The Morgan fingerprint density at radius 3 is 2.12 bits per heavy atom. The summed E-state index contributed by atoms with van der Waals surface area (Å²) in [6, 6.07) is 19.3. The van der Waals surface area contributed by atoms with Gasteiger partial charge in [0.15, 0.2) is 11.5 Å². The number of aryl methyl sites for hydroxylation is 1. The van der Waals surface area contributed by atoms with Gasteiger partial charge in [-0.05, 0) is 25.1 Å². The lowest BCUT2D eigenvalue weighted by Gasteiger charge is -2.13. The SMILES string of the molecule is COc1cc(COc2nc(=O)n(-c3ccccccccc3)cc2C)c([N+](=O)[O-])cc1OC. The van der Waals surface area contributed by atoms with Gasteiger partial charge in [0, 0.05) is 11.8 Å². The van der Waals surface area contributed by atoms with Crippen LogP contribution in [-0.2, 0) is 6.61 Å². The van der Waals surface area contributed by atoms with Crippen molar-refractivity contribution in [1.29, 1.82) is 0 Å². The maximum atomic E-state index is 12.7. The van der Waals surface area contributed by atoms with E-state index in [0.29, 0.717) is 17.0 Å². The fourth-order valence-electron chi connectivity index (χ4n) is 3.05. The molecule has 0 spiro atoms. The molecule has 3 aromatic rings. The molecule has 0 saturated heterocycles. The van der Waals surface area contributed by atoms with Crippen molar-refractivity contribution >= 4 is 5.69 Å². The number of ether oxygens (including phenoxy) is 3. The molecule has 0 amide bonds. The molecule has 0 unspecified atom stereocenters. The van der Waals surface area contributed by atoms with E-state index in [0.717, 1.165) is 0 Å². The van der Waals surface area contributed by atoms with Crippen LogP contribution >= 0.6 is 0 Å². The number of nitro benzene ring substituents is 1. The van der Waals surface area contributed by atoms with Crippen LogP contribution in [0, 0.1) is 17.0 Å². The van der Waals surface area contributed by atoms with Crippen molar-refractivity contribution in [1.82, 2.24) is 9.55 Å². The molecule has 0 atom stereocenters. The summed E-state index contributed by atoms with van der Waals surface area (Å²) in [5.41, 5.74) is 0.728. The standard InChI is InChI=1S/C24H23N3O6/c1-17-15-26(19-11-9-7-5-4-6-8-10-12-19)24(28)25-23(17)33-16-18-13-21(31-2)22(32-3)14-20(18)27(29)30/h4-15H,16H2,1-3H3. The summed E-state index contributed by atoms with van der Waals surface area (Å²) in [5.74, 6) is 0.646. The van der Waals surface area contributed by atoms with Gasteiger partial charge in [0.1, 0.15) is 6.61 Å². The number of hydrogen-bond donors (Lipinski definition) is 0. The first-order chi connectivity index (χ1) is 15.9. The van der Waals surface area contributed by atoms with Crippen molar-refractivity contribution in [2.75, 3.05) is 14.2 Å². The molecule has 0 aliphatic heterocycles. The Hall–Kier alpha value is -4.40. The molecule has 1 aromatic heterocycles. The summed E-state index contributed by atoms with van der Waals surface area (Å²) in [6.07, 6.45) is 1.61. The molecule has 0 aliphatic rings. The van der Waals surface area contributed by atoms with Crippen LogP contribution in [0.15, 0.2) is 77.7 Å². The third-order valence-electron chi connectivity index (χ3n) is 4.69. The van der Waals surface area contributed by atoms with Gasteiger partial charge < -0.3 is 14.2 Å². The lowest BCUT2D eigenvalue weighted by atomic mass is 10.1. The molecule has 9 nitrogen and oxygen atoms in total. The maximum Gasteiger partial charge on any atom is 0.355 e. The fraction of sp³-hybridized carbons (Fsp3) is 0.167. The third-order valence-corrected chi connectivity index (χ3v) is 4.69. The van der Waals surface area contributed by atoms with Crippen molar-refractivity contribution in [3.8, 4) is 23.1 Å². The van der Waals surface area contributed by atoms with Gasteiger partial charge in [0.25, 0.3) is 5.69 Å². The minimum absolute atomic E-state index is 0.0863. The van der Waals surface area contributed by atoms with Crippen LogP contribution in [0.25, 0.3) is 5.69 Å². The monoisotopic (exact) mass is 449 g/mol. The lowest BCUT2D eigenvalue weighted by molar-refractivity contribution is -0.385. The molecule has 0 radical (unpaired) electrons. The van der Waals surface area contributed by atoms with E-state index in [-0.39, 0.29) is 29.5 Å². The largest absolute Gasteiger partial charge is 0.493 e. The van der Waals surface area contributed by atoms with Gasteiger partial charge >= 0.3 is 5.69 Å². The Balaban J connectivity index is 1.94. The van der Waals surface area contributed by atoms with E-state index in [1.165, 1.54) is 30.9 Å². The van der Waals surface area contributed by atoms with Crippen molar-refractivity contribution in [2.24, 2.45) is 0 Å². The quantitative estimate of drug-likeness (QED) is 0.394. The third kappa shape index (κ3) is 5.65. The van der Waals surface area contributed by atoms with Gasteiger partial charge in [-0.2, -0.15) is 4.98 Å². The zero-order valence-corrected chi connectivity index (χ0v) is 18.4. The second-order valence-electron chi connectivity index (χ2n) is 6.87. The van der Waals surface area contributed by atoms with E-state index in [4.69, 9.17) is 14.2 Å². The molecule has 170 valence electrons. The van der Waals surface area contributed by atoms with Crippen LogP contribution in [0.4, 0.5) is 5.69 Å². The Bertz CT molecular complexity index is 1250. The Kier molecular flexibility index (Phi) is 7.59. The molecular formula is C24H23N3O6. The fourth-order valence-corrected chi connectivity index (χ4v) is 3.05. The highest BCUT2D eigenvalue weighted by Crippen LogP contribution is 2.35. The highest BCUT2D eigenvalue weighted by Gasteiger charge is 2.20. The summed E-state index contributed by atoms with van der Waals surface area (Å²) >= 11 is 0. The maximum absolute atomic E-state index is 12.7. The van der Waals surface area contributed by atoms with Crippen LogP contribution in [0.3, 0.4) is 0 Å². The zero-order valence-electron chi connectivity index (χ0n) is 18.4. The van der Waals surface area contributed by atoms with Crippen LogP contribution in [-0.4, -0.2) is 28.7 Å². The van der Waals surface area contributed by atoms with Crippen LogP contribution in [0.1, 0.15) is 11.1 Å². The molecule has 0 aliphatic carbocycles. The predicted octanol–water partition coefficient (Wildman–Crippen LogP) is 4.17. The number of hydrogen-bond acceptors (Lipinski definition) is 7. The predicted molar refractivity (Wildman–Crippen MR) is 123 cm³/mol. The topological polar surface area (TPSA) is 106 Å². The number of benzene rings is 1. The van der Waals surface area contributed by atoms with Gasteiger partial charge in [0.2, 0.25) is 5.88 Å². The van der Waals surface area contributed by atoms with E-state index < -0.39 is 10.6 Å². The lowest BCUT2D eigenvalue weighted by Crippen LogP contribution is -2.22. The Labute approximate surface area is 190 Å². The van der Waals surface area contributed by atoms with E-state index in [1.807, 2.05) is 42.5 Å². The minimum Gasteiger partial charge on any atom is -0.493 e. The molecule has 0 bridgehead atoms. The Morgan fingerprint density at radius 1 is 0.970 bits per heavy atom. The molecule has 33 heavy (non-hydrogen) atoms. The molecule has 1 heterocycles. The average molecular weight is 449 g/mol. The van der Waals surface area contributed by atoms with Crippen LogP contribution < -0.4 is 19.9 Å². The second kappa shape index (κ2) is 10.8. The highest BCUT2D eigenvalue weighted by atomic mass is 16.6. The van der Waals surface area contributed by atoms with Crippen LogP contribution in [0.5, 0.6) is 17.4 Å². The van der Waals surface area contributed by atoms with E-state index >= 15 is 0 Å². The van der Waals surface area contributed by atoms with E-state index in [2.05, 4.69) is 4.98 Å². The first kappa shape index (κ1) is 23.3. The number of nitro groups is 1. The molecule has 0 fully saturated rings. The minimum atomic E-state index is -0.543. The summed E-state index contributed by atoms with van der Waals surface area (Å²) < 4.78 is 17.5. The van der Waals surface area contributed by atoms with Crippen LogP contribution in [0.2, 0.25) is 0 Å². The zero-order chi connectivity index (χ0) is 23.8. The first-order valence-corrected chi connectivity index (χ1v) is 9.95. The number of aromatic nitrogens is 2. The van der Waals surface area contributed by atoms with Crippen molar-refractivity contribution in [2.45, 2.75) is 13.5 Å². The first-order valence-electron chi connectivity index (χ1n) is 9.95. The van der Waals surface area contributed by atoms with Gasteiger partial charge in [-0.15, -0.1) is 0 Å². The molecule has 2 aromatic carbocycles. The van der Waals surface area contributed by atoms with Gasteiger partial charge in [-0.3, -0.25) is 14.7 Å². The van der Waals surface area contributed by atoms with Crippen molar-refractivity contribution < 1.29 is 19.1 Å². The summed E-state index contributed by atoms with van der Waals surface area (Å²) in [7, 11) is 2.83. The smallest absolute Gasteiger partial charge is 0.355 e. The number of methoxy groups -OCH3 is 2. The molecule has 0 saturated carbocycles. The van der Waals surface area contributed by atoms with Gasteiger partial charge in [0.05, 0.1) is 36.5 Å². The summed E-state index contributed by atoms with van der Waals surface area (Å²) in [6.45, 7) is 1.56.